The van der Waals surface area contributed by atoms with Crippen LogP contribution in [0.4, 0.5) is 0 Å². The topological polar surface area (TPSA) is 84.9 Å². The van der Waals surface area contributed by atoms with Gasteiger partial charge in [-0.15, -0.1) is 11.8 Å². The van der Waals surface area contributed by atoms with E-state index in [0.29, 0.717) is 43.8 Å². The third kappa shape index (κ3) is 6.10. The van der Waals surface area contributed by atoms with Gasteiger partial charge in [0, 0.05) is 18.9 Å². The maximum atomic E-state index is 13.0. The number of hydrogen-bond donors (Lipinski definition) is 1. The van der Waals surface area contributed by atoms with Crippen molar-refractivity contribution in [2.45, 2.75) is 31.7 Å². The second-order valence-electron chi connectivity index (χ2n) is 6.56. The molecule has 0 bridgehead atoms. The Bertz CT molecular complexity index is 707. The molecule has 0 spiro atoms. The minimum absolute atomic E-state index is 0.156. The second kappa shape index (κ2) is 10.3. The summed E-state index contributed by atoms with van der Waals surface area (Å²) < 4.78 is 37.9. The summed E-state index contributed by atoms with van der Waals surface area (Å²) in [6.07, 6.45) is 0. The molecule has 1 aliphatic heterocycles. The Morgan fingerprint density at radius 2 is 2.00 bits per heavy atom. The predicted octanol–water partition coefficient (Wildman–Crippen LogP) is 1.94. The number of rotatable bonds is 10. The normalized spacial score (nSPS) is 18.0. The van der Waals surface area contributed by atoms with E-state index in [1.54, 1.807) is 12.1 Å². The minimum Gasteiger partial charge on any atom is -0.491 e. The lowest BCUT2D eigenvalue weighted by Crippen LogP contribution is -2.47. The Balaban J connectivity index is 2.04. The molecule has 0 radical (unpaired) electrons. The maximum Gasteiger partial charge on any atom is 0.244 e. The molecule has 0 saturated carbocycles. The summed E-state index contributed by atoms with van der Waals surface area (Å²) in [5, 5.41) is 2.83. The molecule has 152 valence electrons. The van der Waals surface area contributed by atoms with E-state index < -0.39 is 16.1 Å². The molecule has 1 aliphatic rings. The smallest absolute Gasteiger partial charge is 0.244 e. The van der Waals surface area contributed by atoms with Crippen LogP contribution >= 0.6 is 11.8 Å². The zero-order chi connectivity index (χ0) is 19.9. The van der Waals surface area contributed by atoms with Crippen LogP contribution in [-0.4, -0.2) is 62.7 Å². The number of nitrogens with zero attached hydrogens (tertiary/aromatic N) is 1. The van der Waals surface area contributed by atoms with Crippen LogP contribution in [-0.2, 0) is 19.6 Å². The van der Waals surface area contributed by atoms with Crippen molar-refractivity contribution in [1.29, 1.82) is 0 Å². The standard InChI is InChI=1S/C18H28N2O5S2/c1-4-24-9-10-25-15-5-7-16(8-6-15)27(22,23)20-13-26-12-17(20)18(21)19-11-14(2)3/h5-8,14,17H,4,9-13H2,1-3H3,(H,19,21). The molecule has 1 heterocycles. The Kier molecular flexibility index (Phi) is 8.40. The summed E-state index contributed by atoms with van der Waals surface area (Å²) in [4.78, 5) is 12.6. The van der Waals surface area contributed by atoms with E-state index in [2.05, 4.69) is 5.32 Å². The summed E-state index contributed by atoms with van der Waals surface area (Å²) in [6, 6.07) is 5.58. The molecule has 1 saturated heterocycles. The zero-order valence-electron chi connectivity index (χ0n) is 16.0. The van der Waals surface area contributed by atoms with Crippen molar-refractivity contribution < 1.29 is 22.7 Å². The third-order valence-electron chi connectivity index (χ3n) is 3.96. The predicted molar refractivity (Wildman–Crippen MR) is 106 cm³/mol. The van der Waals surface area contributed by atoms with Crippen molar-refractivity contribution in [2.24, 2.45) is 5.92 Å². The van der Waals surface area contributed by atoms with Crippen molar-refractivity contribution >= 4 is 27.7 Å². The highest BCUT2D eigenvalue weighted by atomic mass is 32.2. The average molecular weight is 417 g/mol. The van der Waals surface area contributed by atoms with E-state index in [-0.39, 0.29) is 16.7 Å². The lowest BCUT2D eigenvalue weighted by Gasteiger charge is -2.23. The van der Waals surface area contributed by atoms with Gasteiger partial charge >= 0.3 is 0 Å². The first-order valence-electron chi connectivity index (χ1n) is 9.04. The molecule has 9 heteroatoms. The number of ether oxygens (including phenoxy) is 2. The highest BCUT2D eigenvalue weighted by Gasteiger charge is 2.39. The number of sulfonamides is 1. The lowest BCUT2D eigenvalue weighted by molar-refractivity contribution is -0.123. The number of nitrogens with one attached hydrogen (secondary N) is 1. The molecular weight excluding hydrogens is 388 g/mol. The third-order valence-corrected chi connectivity index (χ3v) is 7.00. The summed E-state index contributed by atoms with van der Waals surface area (Å²) >= 11 is 1.44. The first-order valence-corrected chi connectivity index (χ1v) is 11.6. The van der Waals surface area contributed by atoms with E-state index in [9.17, 15) is 13.2 Å². The number of carbonyl (C=O) groups is 1. The van der Waals surface area contributed by atoms with Gasteiger partial charge in [0.1, 0.15) is 18.4 Å². The Morgan fingerprint density at radius 1 is 1.30 bits per heavy atom. The lowest BCUT2D eigenvalue weighted by atomic mass is 10.2. The molecular formula is C18H28N2O5S2. The van der Waals surface area contributed by atoms with Crippen LogP contribution in [0.5, 0.6) is 5.75 Å². The summed E-state index contributed by atoms with van der Waals surface area (Å²) in [7, 11) is -3.75. The van der Waals surface area contributed by atoms with Crippen molar-refractivity contribution in [3.63, 3.8) is 0 Å². The van der Waals surface area contributed by atoms with E-state index in [1.165, 1.54) is 28.2 Å². The number of hydrogen-bond acceptors (Lipinski definition) is 6. The highest BCUT2D eigenvalue weighted by molar-refractivity contribution is 8.00. The largest absolute Gasteiger partial charge is 0.491 e. The second-order valence-corrected chi connectivity index (χ2v) is 9.45. The van der Waals surface area contributed by atoms with E-state index in [4.69, 9.17) is 9.47 Å². The van der Waals surface area contributed by atoms with Crippen LogP contribution in [0.1, 0.15) is 20.8 Å². The van der Waals surface area contributed by atoms with Gasteiger partial charge in [-0.25, -0.2) is 8.42 Å². The van der Waals surface area contributed by atoms with Gasteiger partial charge in [-0.1, -0.05) is 13.8 Å². The molecule has 27 heavy (non-hydrogen) atoms. The Hall–Kier alpha value is -1.29. The van der Waals surface area contributed by atoms with Gasteiger partial charge in [-0.2, -0.15) is 4.31 Å². The molecule has 7 nitrogen and oxygen atoms in total. The molecule has 1 aromatic carbocycles. The van der Waals surface area contributed by atoms with Crippen LogP contribution in [0.25, 0.3) is 0 Å². The van der Waals surface area contributed by atoms with Crippen LogP contribution in [0.15, 0.2) is 29.2 Å². The molecule has 0 aromatic heterocycles. The molecule has 0 aliphatic carbocycles. The molecule has 1 N–H and O–H groups in total. The molecule has 1 atom stereocenters. The van der Waals surface area contributed by atoms with Gasteiger partial charge in [0.15, 0.2) is 0 Å². The SMILES string of the molecule is CCOCCOc1ccc(S(=O)(=O)N2CSCC2C(=O)NCC(C)C)cc1. The Morgan fingerprint density at radius 3 is 2.63 bits per heavy atom. The first-order chi connectivity index (χ1) is 12.9. The number of thioether (sulfide) groups is 1. The quantitative estimate of drug-likeness (QED) is 0.587. The van der Waals surface area contributed by atoms with Gasteiger partial charge in [-0.3, -0.25) is 4.79 Å². The first kappa shape index (κ1) is 22.0. The van der Waals surface area contributed by atoms with Gasteiger partial charge in [0.25, 0.3) is 0 Å². The summed E-state index contributed by atoms with van der Waals surface area (Å²) in [5.74, 6) is 1.38. The zero-order valence-corrected chi connectivity index (χ0v) is 17.6. The van der Waals surface area contributed by atoms with Gasteiger partial charge in [-0.05, 0) is 37.1 Å². The molecule has 1 amide bonds. The number of amides is 1. The fraction of sp³-hybridized carbons (Fsp3) is 0.611. The summed E-state index contributed by atoms with van der Waals surface area (Å²) in [5.41, 5.74) is 0. The molecule has 1 fully saturated rings. The van der Waals surface area contributed by atoms with Crippen LogP contribution in [0.2, 0.25) is 0 Å². The molecule has 2 rings (SSSR count). The highest BCUT2D eigenvalue weighted by Crippen LogP contribution is 2.29. The van der Waals surface area contributed by atoms with Crippen molar-refractivity contribution in [3.8, 4) is 5.75 Å². The van der Waals surface area contributed by atoms with Gasteiger partial charge in [0.2, 0.25) is 15.9 Å². The monoisotopic (exact) mass is 416 g/mol. The summed E-state index contributed by atoms with van der Waals surface area (Å²) in [6.45, 7) is 7.94. The van der Waals surface area contributed by atoms with Gasteiger partial charge < -0.3 is 14.8 Å². The maximum absolute atomic E-state index is 13.0. The minimum atomic E-state index is -3.75. The van der Waals surface area contributed by atoms with Gasteiger partial charge in [0.05, 0.1) is 17.4 Å². The van der Waals surface area contributed by atoms with Crippen LogP contribution in [0.3, 0.4) is 0 Å². The van der Waals surface area contributed by atoms with Crippen molar-refractivity contribution in [2.75, 3.05) is 38.0 Å². The van der Waals surface area contributed by atoms with Crippen LogP contribution in [0, 0.1) is 5.92 Å². The fourth-order valence-corrected chi connectivity index (χ4v) is 5.65. The van der Waals surface area contributed by atoms with Crippen molar-refractivity contribution in [1.82, 2.24) is 9.62 Å². The number of carbonyl (C=O) groups excluding carboxylic acids is 1. The van der Waals surface area contributed by atoms with E-state index >= 15 is 0 Å². The van der Waals surface area contributed by atoms with Crippen molar-refractivity contribution in [3.05, 3.63) is 24.3 Å². The van der Waals surface area contributed by atoms with E-state index in [1.807, 2.05) is 20.8 Å². The molecule has 1 unspecified atom stereocenters. The fourth-order valence-electron chi connectivity index (χ4n) is 2.50. The average Bonchev–Trinajstić information content (AvgIpc) is 3.14. The molecule has 1 aromatic rings. The Labute approximate surface area is 165 Å². The van der Waals surface area contributed by atoms with Crippen LogP contribution < -0.4 is 10.1 Å². The van der Waals surface area contributed by atoms with E-state index in [0.717, 1.165) is 0 Å². The number of benzene rings is 1.